The maximum atomic E-state index is 10.1. The van der Waals surface area contributed by atoms with Crippen LogP contribution in [0.25, 0.3) is 0 Å². The molecule has 0 amide bonds. The van der Waals surface area contributed by atoms with Gasteiger partial charge in [-0.25, -0.2) is 0 Å². The third kappa shape index (κ3) is 6.10. The summed E-state index contributed by atoms with van der Waals surface area (Å²) in [6, 6.07) is 8.36. The van der Waals surface area contributed by atoms with E-state index in [2.05, 4.69) is 49.7 Å². The molecule has 1 aromatic rings. The second-order valence-electron chi connectivity index (χ2n) is 2.33. The molecule has 0 saturated carbocycles. The van der Waals surface area contributed by atoms with Crippen molar-refractivity contribution in [2.75, 3.05) is 0 Å². The number of hydrogen-bond acceptors (Lipinski definition) is 0. The summed E-state index contributed by atoms with van der Waals surface area (Å²) >= 11 is 3.94. The Labute approximate surface area is 76.2 Å². The van der Waals surface area contributed by atoms with Gasteiger partial charge in [-0.3, -0.25) is 0 Å². The molecule has 1 rings (SSSR count). The van der Waals surface area contributed by atoms with Crippen molar-refractivity contribution in [3.8, 4) is 0 Å². The smallest absolute Gasteiger partial charge is 0.192 e. The van der Waals surface area contributed by atoms with Crippen molar-refractivity contribution in [3.63, 3.8) is 0 Å². The first kappa shape index (κ1) is 11.4. The van der Waals surface area contributed by atoms with Crippen molar-refractivity contribution in [2.45, 2.75) is 19.7 Å². The second kappa shape index (κ2) is 5.95. The number of halogens is 3. The van der Waals surface area contributed by atoms with E-state index in [-0.39, 0.29) is 0 Å². The molecule has 0 nitrogen and oxygen atoms in total. The fourth-order valence-electron chi connectivity index (χ4n) is 0.663. The summed E-state index contributed by atoms with van der Waals surface area (Å²) in [7, 11) is 0. The van der Waals surface area contributed by atoms with Crippen molar-refractivity contribution >= 4 is 11.6 Å². The highest BCUT2D eigenvalue weighted by atomic mass is 35.5. The van der Waals surface area contributed by atoms with Crippen LogP contribution in [0.4, 0.5) is 8.78 Å². The molecule has 12 heavy (non-hydrogen) atoms. The van der Waals surface area contributed by atoms with Crippen molar-refractivity contribution < 1.29 is 8.78 Å². The lowest BCUT2D eigenvalue weighted by atomic mass is 10.1. The summed E-state index contributed by atoms with van der Waals surface area (Å²) in [6.45, 7) is 4.24. The Hall–Kier alpha value is -0.630. The molecule has 0 unspecified atom stereocenters. The van der Waals surface area contributed by atoms with Gasteiger partial charge >= 0.3 is 5.88 Å². The van der Waals surface area contributed by atoms with Crippen molar-refractivity contribution in [3.05, 3.63) is 35.4 Å². The molecule has 0 aliphatic carbocycles. The molecule has 0 aromatic heterocycles. The maximum Gasteiger partial charge on any atom is 0.312 e. The van der Waals surface area contributed by atoms with Crippen molar-refractivity contribution in [1.82, 2.24) is 0 Å². The van der Waals surface area contributed by atoms with Gasteiger partial charge in [0.05, 0.1) is 0 Å². The van der Waals surface area contributed by atoms with Crippen molar-refractivity contribution in [2.24, 2.45) is 0 Å². The van der Waals surface area contributed by atoms with E-state index in [9.17, 15) is 8.78 Å². The van der Waals surface area contributed by atoms with Crippen LogP contribution in [0.15, 0.2) is 24.3 Å². The van der Waals surface area contributed by atoms with Crippen molar-refractivity contribution in [1.29, 1.82) is 0 Å². The summed E-state index contributed by atoms with van der Waals surface area (Å²) < 4.78 is 20.2. The zero-order valence-electron chi connectivity index (χ0n) is 7.02. The summed E-state index contributed by atoms with van der Waals surface area (Å²) in [6.07, 6.45) is 0. The van der Waals surface area contributed by atoms with Gasteiger partial charge < -0.3 is 0 Å². The summed E-state index contributed by atoms with van der Waals surface area (Å²) in [5, 5.41) is 0. The number of aryl methyl sites for hydroxylation is 2. The standard InChI is InChI=1S/C8H10.CHClF2/c1-7-5-3-4-6-8(7)2;2-1(3)4/h3-6H,1-2H3;1H. The molecule has 0 fully saturated rings. The molecule has 0 saturated heterocycles. The van der Waals surface area contributed by atoms with Gasteiger partial charge in [0, 0.05) is 0 Å². The van der Waals surface area contributed by atoms with Gasteiger partial charge in [0.2, 0.25) is 0 Å². The van der Waals surface area contributed by atoms with E-state index in [1.807, 2.05) is 0 Å². The third-order valence-electron chi connectivity index (χ3n) is 1.43. The Bertz CT molecular complexity index is 200. The molecule has 68 valence electrons. The molecule has 0 aliphatic rings. The van der Waals surface area contributed by atoms with Crippen LogP contribution in [-0.2, 0) is 0 Å². The summed E-state index contributed by atoms with van der Waals surface area (Å²) in [4.78, 5) is 0. The lowest BCUT2D eigenvalue weighted by Crippen LogP contribution is -1.74. The van der Waals surface area contributed by atoms with E-state index in [0.717, 1.165) is 0 Å². The van der Waals surface area contributed by atoms with Crippen LogP contribution in [0, 0.1) is 13.8 Å². The molecule has 0 aliphatic heterocycles. The van der Waals surface area contributed by atoms with Gasteiger partial charge in [-0.2, -0.15) is 8.78 Å². The Morgan fingerprint density at radius 3 is 1.50 bits per heavy atom. The van der Waals surface area contributed by atoms with Crippen LogP contribution >= 0.6 is 11.6 Å². The minimum atomic E-state index is -2.69. The van der Waals surface area contributed by atoms with Gasteiger partial charge in [-0.1, -0.05) is 35.9 Å². The Morgan fingerprint density at radius 2 is 1.33 bits per heavy atom. The quantitative estimate of drug-likeness (QED) is 0.550. The number of alkyl halides is 3. The molecular formula is C9H11ClF2. The highest BCUT2D eigenvalue weighted by Crippen LogP contribution is 2.02. The number of hydrogen-bond donors (Lipinski definition) is 0. The molecule has 0 heterocycles. The Morgan fingerprint density at radius 1 is 1.08 bits per heavy atom. The van der Waals surface area contributed by atoms with E-state index >= 15 is 0 Å². The lowest BCUT2D eigenvalue weighted by molar-refractivity contribution is 0.243. The molecule has 0 radical (unpaired) electrons. The predicted octanol–water partition coefficient (Wildman–Crippen LogP) is 3.75. The topological polar surface area (TPSA) is 0 Å². The SMILES string of the molecule is Cc1ccccc1C.FC(F)Cl. The minimum Gasteiger partial charge on any atom is -0.192 e. The largest absolute Gasteiger partial charge is 0.312 e. The normalized spacial score (nSPS) is 9.17. The van der Waals surface area contributed by atoms with Crippen LogP contribution in [0.5, 0.6) is 0 Å². The van der Waals surface area contributed by atoms with Crippen LogP contribution in [0.3, 0.4) is 0 Å². The fourth-order valence-corrected chi connectivity index (χ4v) is 0.663. The van der Waals surface area contributed by atoms with Crippen LogP contribution in [0.1, 0.15) is 11.1 Å². The van der Waals surface area contributed by atoms with Gasteiger partial charge in [0.25, 0.3) is 0 Å². The first-order valence-corrected chi connectivity index (χ1v) is 3.92. The van der Waals surface area contributed by atoms with Crippen LogP contribution in [-0.4, -0.2) is 5.88 Å². The van der Waals surface area contributed by atoms with E-state index in [4.69, 9.17) is 0 Å². The predicted molar refractivity (Wildman–Crippen MR) is 47.8 cm³/mol. The molecule has 0 bridgehead atoms. The lowest BCUT2D eigenvalue weighted by Gasteiger charge is -1.93. The van der Waals surface area contributed by atoms with Gasteiger partial charge in [0.1, 0.15) is 0 Å². The Balaban J connectivity index is 0.000000261. The van der Waals surface area contributed by atoms with Gasteiger partial charge in [0.15, 0.2) is 0 Å². The molecule has 1 aromatic carbocycles. The summed E-state index contributed by atoms with van der Waals surface area (Å²) in [5.74, 6) is -2.69. The van der Waals surface area contributed by atoms with E-state index in [1.54, 1.807) is 0 Å². The second-order valence-corrected chi connectivity index (χ2v) is 2.66. The molecular weight excluding hydrogens is 182 g/mol. The van der Waals surface area contributed by atoms with E-state index < -0.39 is 5.88 Å². The van der Waals surface area contributed by atoms with Gasteiger partial charge in [-0.15, -0.1) is 0 Å². The number of benzene rings is 1. The highest BCUT2D eigenvalue weighted by molar-refractivity contribution is 6.18. The average molecular weight is 193 g/mol. The fraction of sp³-hybridized carbons (Fsp3) is 0.333. The minimum absolute atomic E-state index is 1.37. The first-order chi connectivity index (χ1) is 5.54. The van der Waals surface area contributed by atoms with E-state index in [0.29, 0.717) is 0 Å². The zero-order chi connectivity index (χ0) is 9.56. The molecule has 0 spiro atoms. The molecule has 0 atom stereocenters. The molecule has 3 heteroatoms. The first-order valence-electron chi connectivity index (χ1n) is 3.48. The summed E-state index contributed by atoms with van der Waals surface area (Å²) in [5.41, 5.74) is 2.74. The average Bonchev–Trinajstić information content (AvgIpc) is 1.94. The van der Waals surface area contributed by atoms with Crippen LogP contribution < -0.4 is 0 Å². The van der Waals surface area contributed by atoms with Crippen LogP contribution in [0.2, 0.25) is 0 Å². The molecule has 0 N–H and O–H groups in total. The zero-order valence-corrected chi connectivity index (χ0v) is 7.78. The van der Waals surface area contributed by atoms with Gasteiger partial charge in [-0.05, 0) is 25.0 Å². The Kier molecular flexibility index (Phi) is 5.64. The highest BCUT2D eigenvalue weighted by Gasteiger charge is 1.84. The monoisotopic (exact) mass is 192 g/mol. The third-order valence-corrected chi connectivity index (χ3v) is 1.43. The van der Waals surface area contributed by atoms with E-state index in [1.165, 1.54) is 11.1 Å². The number of rotatable bonds is 0. The maximum absolute atomic E-state index is 10.1.